The SMILES string of the molecule is NCc1cnn(C2CCCC2)c1N. The van der Waals surface area contributed by atoms with Crippen molar-refractivity contribution in [1.29, 1.82) is 0 Å². The summed E-state index contributed by atoms with van der Waals surface area (Å²) in [7, 11) is 0. The number of aromatic nitrogens is 2. The lowest BCUT2D eigenvalue weighted by molar-refractivity contribution is 0.473. The summed E-state index contributed by atoms with van der Waals surface area (Å²) in [6.07, 6.45) is 6.78. The lowest BCUT2D eigenvalue weighted by atomic mass is 10.2. The van der Waals surface area contributed by atoms with Gasteiger partial charge in [0.15, 0.2) is 0 Å². The number of hydrogen-bond acceptors (Lipinski definition) is 3. The Kier molecular flexibility index (Phi) is 2.22. The second-order valence-corrected chi connectivity index (χ2v) is 3.64. The number of nitrogen functional groups attached to an aromatic ring is 1. The van der Waals surface area contributed by atoms with Gasteiger partial charge >= 0.3 is 0 Å². The third-order valence-corrected chi connectivity index (χ3v) is 2.80. The molecule has 0 aliphatic heterocycles. The van der Waals surface area contributed by atoms with E-state index in [2.05, 4.69) is 5.10 Å². The summed E-state index contributed by atoms with van der Waals surface area (Å²) >= 11 is 0. The van der Waals surface area contributed by atoms with E-state index in [0.717, 1.165) is 11.4 Å². The van der Waals surface area contributed by atoms with Crippen LogP contribution in [0.25, 0.3) is 0 Å². The van der Waals surface area contributed by atoms with Crippen LogP contribution < -0.4 is 11.5 Å². The van der Waals surface area contributed by atoms with Crippen molar-refractivity contribution >= 4 is 5.82 Å². The topological polar surface area (TPSA) is 69.9 Å². The minimum absolute atomic E-state index is 0.485. The highest BCUT2D eigenvalue weighted by Crippen LogP contribution is 2.31. The van der Waals surface area contributed by atoms with Crippen LogP contribution in [0.5, 0.6) is 0 Å². The molecule has 1 aliphatic rings. The van der Waals surface area contributed by atoms with Crippen LogP contribution in [-0.2, 0) is 6.54 Å². The van der Waals surface area contributed by atoms with Crippen LogP contribution in [0.4, 0.5) is 5.82 Å². The van der Waals surface area contributed by atoms with Gasteiger partial charge in [-0.1, -0.05) is 12.8 Å². The van der Waals surface area contributed by atoms with Crippen LogP contribution in [0, 0.1) is 0 Å². The van der Waals surface area contributed by atoms with Gasteiger partial charge in [-0.2, -0.15) is 5.10 Å². The van der Waals surface area contributed by atoms with Gasteiger partial charge in [-0.25, -0.2) is 4.68 Å². The molecule has 1 aromatic heterocycles. The second kappa shape index (κ2) is 3.38. The molecule has 0 amide bonds. The Morgan fingerprint density at radius 1 is 1.46 bits per heavy atom. The van der Waals surface area contributed by atoms with E-state index in [1.165, 1.54) is 25.7 Å². The van der Waals surface area contributed by atoms with E-state index >= 15 is 0 Å². The summed E-state index contributed by atoms with van der Waals surface area (Å²) < 4.78 is 1.94. The van der Waals surface area contributed by atoms with Crippen molar-refractivity contribution < 1.29 is 0 Å². The van der Waals surface area contributed by atoms with Gasteiger partial charge in [0.25, 0.3) is 0 Å². The number of nitrogens with two attached hydrogens (primary N) is 2. The Labute approximate surface area is 77.9 Å². The highest BCUT2D eigenvalue weighted by atomic mass is 15.3. The second-order valence-electron chi connectivity index (χ2n) is 3.64. The van der Waals surface area contributed by atoms with E-state index in [0.29, 0.717) is 12.6 Å². The number of hydrogen-bond donors (Lipinski definition) is 2. The van der Waals surface area contributed by atoms with Crippen molar-refractivity contribution in [2.24, 2.45) is 5.73 Å². The van der Waals surface area contributed by atoms with Crippen LogP contribution in [0.2, 0.25) is 0 Å². The fourth-order valence-electron chi connectivity index (χ4n) is 2.00. The first-order chi connectivity index (χ1) is 6.33. The van der Waals surface area contributed by atoms with Crippen LogP contribution in [0.3, 0.4) is 0 Å². The molecule has 1 aliphatic carbocycles. The molecule has 1 heterocycles. The average molecular weight is 180 g/mol. The third-order valence-electron chi connectivity index (χ3n) is 2.80. The average Bonchev–Trinajstić information content (AvgIpc) is 2.72. The standard InChI is InChI=1S/C9H16N4/c10-5-7-6-12-13(9(7)11)8-3-1-2-4-8/h6,8H,1-5,10-11H2. The molecule has 0 unspecified atom stereocenters. The minimum Gasteiger partial charge on any atom is -0.384 e. The quantitative estimate of drug-likeness (QED) is 0.714. The third kappa shape index (κ3) is 1.42. The van der Waals surface area contributed by atoms with E-state index in [4.69, 9.17) is 11.5 Å². The molecule has 0 radical (unpaired) electrons. The van der Waals surface area contributed by atoms with Crippen molar-refractivity contribution in [1.82, 2.24) is 9.78 Å². The van der Waals surface area contributed by atoms with Crippen molar-refractivity contribution in [3.8, 4) is 0 Å². The van der Waals surface area contributed by atoms with Crippen molar-refractivity contribution in [3.63, 3.8) is 0 Å². The highest BCUT2D eigenvalue weighted by Gasteiger charge is 2.20. The molecule has 13 heavy (non-hydrogen) atoms. The zero-order valence-corrected chi connectivity index (χ0v) is 7.74. The normalized spacial score (nSPS) is 18.2. The summed E-state index contributed by atoms with van der Waals surface area (Å²) in [6, 6.07) is 0.514. The van der Waals surface area contributed by atoms with Crippen molar-refractivity contribution in [2.45, 2.75) is 38.3 Å². The van der Waals surface area contributed by atoms with Gasteiger partial charge in [-0.05, 0) is 12.8 Å². The zero-order chi connectivity index (χ0) is 9.26. The van der Waals surface area contributed by atoms with Gasteiger partial charge in [0.1, 0.15) is 5.82 Å². The molecule has 0 bridgehead atoms. The summed E-state index contributed by atoms with van der Waals surface area (Å²) in [5, 5.41) is 4.28. The molecule has 1 saturated carbocycles. The van der Waals surface area contributed by atoms with Crippen LogP contribution >= 0.6 is 0 Å². The first kappa shape index (κ1) is 8.56. The number of rotatable bonds is 2. The predicted molar refractivity (Wildman–Crippen MR) is 52.0 cm³/mol. The summed E-state index contributed by atoms with van der Waals surface area (Å²) in [5.74, 6) is 0.759. The van der Waals surface area contributed by atoms with E-state index in [-0.39, 0.29) is 0 Å². The van der Waals surface area contributed by atoms with E-state index in [1.807, 2.05) is 4.68 Å². The van der Waals surface area contributed by atoms with Gasteiger partial charge in [-0.3, -0.25) is 0 Å². The maximum atomic E-state index is 5.91. The Balaban J connectivity index is 2.24. The number of anilines is 1. The summed E-state index contributed by atoms with van der Waals surface area (Å²) in [5.41, 5.74) is 12.4. The predicted octanol–water partition coefficient (Wildman–Crippen LogP) is 1.04. The Morgan fingerprint density at radius 2 is 2.15 bits per heavy atom. The molecule has 2 rings (SSSR count). The number of nitrogens with zero attached hydrogens (tertiary/aromatic N) is 2. The summed E-state index contributed by atoms with van der Waals surface area (Å²) in [6.45, 7) is 0.485. The van der Waals surface area contributed by atoms with Crippen LogP contribution in [0.1, 0.15) is 37.3 Å². The highest BCUT2D eigenvalue weighted by molar-refractivity contribution is 5.38. The lowest BCUT2D eigenvalue weighted by Crippen LogP contribution is -2.11. The molecule has 4 nitrogen and oxygen atoms in total. The largest absolute Gasteiger partial charge is 0.384 e. The van der Waals surface area contributed by atoms with Gasteiger partial charge in [0.05, 0.1) is 12.2 Å². The molecular formula is C9H16N4. The Hall–Kier alpha value is -1.03. The first-order valence-corrected chi connectivity index (χ1v) is 4.85. The fourth-order valence-corrected chi connectivity index (χ4v) is 2.00. The maximum absolute atomic E-state index is 5.91. The zero-order valence-electron chi connectivity index (χ0n) is 7.74. The van der Waals surface area contributed by atoms with E-state index < -0.39 is 0 Å². The Morgan fingerprint density at radius 3 is 2.69 bits per heavy atom. The molecule has 72 valence electrons. The molecule has 0 atom stereocenters. The van der Waals surface area contributed by atoms with Crippen molar-refractivity contribution in [2.75, 3.05) is 5.73 Å². The minimum atomic E-state index is 0.485. The fraction of sp³-hybridized carbons (Fsp3) is 0.667. The molecule has 1 fully saturated rings. The van der Waals surface area contributed by atoms with E-state index in [9.17, 15) is 0 Å². The van der Waals surface area contributed by atoms with Crippen LogP contribution in [-0.4, -0.2) is 9.78 Å². The van der Waals surface area contributed by atoms with Gasteiger partial charge < -0.3 is 11.5 Å². The van der Waals surface area contributed by atoms with Gasteiger partial charge in [0, 0.05) is 12.1 Å². The lowest BCUT2D eigenvalue weighted by Gasteiger charge is -2.11. The molecular weight excluding hydrogens is 164 g/mol. The molecule has 0 spiro atoms. The van der Waals surface area contributed by atoms with Gasteiger partial charge in [-0.15, -0.1) is 0 Å². The first-order valence-electron chi connectivity index (χ1n) is 4.85. The molecule has 4 heteroatoms. The molecule has 4 N–H and O–H groups in total. The smallest absolute Gasteiger partial charge is 0.126 e. The van der Waals surface area contributed by atoms with Gasteiger partial charge in [0.2, 0.25) is 0 Å². The van der Waals surface area contributed by atoms with E-state index in [1.54, 1.807) is 6.20 Å². The molecule has 0 saturated heterocycles. The molecule has 0 aromatic carbocycles. The van der Waals surface area contributed by atoms with Crippen molar-refractivity contribution in [3.05, 3.63) is 11.8 Å². The van der Waals surface area contributed by atoms with Crippen LogP contribution in [0.15, 0.2) is 6.20 Å². The summed E-state index contributed by atoms with van der Waals surface area (Å²) in [4.78, 5) is 0. The monoisotopic (exact) mass is 180 g/mol. The Bertz CT molecular complexity index is 286. The maximum Gasteiger partial charge on any atom is 0.126 e. The molecule has 1 aromatic rings.